The summed E-state index contributed by atoms with van der Waals surface area (Å²) in [5, 5.41) is 3.18. The minimum Gasteiger partial charge on any atom is -0.465 e. The molecule has 1 aromatic rings. The molecule has 0 spiro atoms. The lowest BCUT2D eigenvalue weighted by molar-refractivity contribution is 0.169. The van der Waals surface area contributed by atoms with E-state index in [0.29, 0.717) is 12.6 Å². The number of fused-ring (bicyclic) bond motifs is 2. The Morgan fingerprint density at radius 1 is 1.35 bits per heavy atom. The minimum atomic E-state index is 0.115. The second kappa shape index (κ2) is 6.19. The first-order valence-electron chi connectivity index (χ1n) is 9.05. The van der Waals surface area contributed by atoms with Gasteiger partial charge >= 0.3 is 6.03 Å². The van der Waals surface area contributed by atoms with Crippen molar-refractivity contribution in [3.63, 3.8) is 0 Å². The van der Waals surface area contributed by atoms with Crippen molar-refractivity contribution in [1.82, 2.24) is 15.1 Å². The molecule has 2 aliphatic heterocycles. The Morgan fingerprint density at radius 2 is 2.17 bits per heavy atom. The molecule has 3 aliphatic rings. The van der Waals surface area contributed by atoms with E-state index in [-0.39, 0.29) is 12.1 Å². The van der Waals surface area contributed by atoms with E-state index >= 15 is 0 Å². The predicted molar refractivity (Wildman–Crippen MR) is 88.2 cm³/mol. The SMILES string of the molecule is Cc1ccc([C@H](CNC(=O)N2C[C@H]3CC[C@H]2C3)N2CCCC2)o1. The molecule has 1 aliphatic carbocycles. The summed E-state index contributed by atoms with van der Waals surface area (Å²) in [5.74, 6) is 2.66. The zero-order valence-corrected chi connectivity index (χ0v) is 14.0. The van der Waals surface area contributed by atoms with Crippen molar-refractivity contribution >= 4 is 6.03 Å². The highest BCUT2D eigenvalue weighted by molar-refractivity contribution is 5.75. The highest BCUT2D eigenvalue weighted by atomic mass is 16.3. The number of carbonyl (C=O) groups is 1. The van der Waals surface area contributed by atoms with E-state index in [9.17, 15) is 4.79 Å². The van der Waals surface area contributed by atoms with Gasteiger partial charge in [0.05, 0.1) is 6.04 Å². The first-order valence-corrected chi connectivity index (χ1v) is 9.05. The molecule has 0 unspecified atom stereocenters. The topological polar surface area (TPSA) is 48.7 Å². The summed E-state index contributed by atoms with van der Waals surface area (Å²) >= 11 is 0. The predicted octanol–water partition coefficient (Wildman–Crippen LogP) is 2.92. The Morgan fingerprint density at radius 3 is 2.78 bits per heavy atom. The van der Waals surface area contributed by atoms with E-state index in [1.54, 1.807) is 0 Å². The molecule has 2 amide bonds. The molecule has 5 nitrogen and oxygen atoms in total. The lowest BCUT2D eigenvalue weighted by atomic mass is 10.1. The van der Waals surface area contributed by atoms with Crippen LogP contribution >= 0.6 is 0 Å². The maximum Gasteiger partial charge on any atom is 0.317 e. The second-order valence-corrected chi connectivity index (χ2v) is 7.38. The van der Waals surface area contributed by atoms with Gasteiger partial charge in [0.25, 0.3) is 0 Å². The van der Waals surface area contributed by atoms with Crippen LogP contribution in [0.3, 0.4) is 0 Å². The van der Waals surface area contributed by atoms with E-state index in [0.717, 1.165) is 37.1 Å². The monoisotopic (exact) mass is 317 g/mol. The van der Waals surface area contributed by atoms with Crippen LogP contribution < -0.4 is 5.32 Å². The van der Waals surface area contributed by atoms with Crippen molar-refractivity contribution in [3.8, 4) is 0 Å². The van der Waals surface area contributed by atoms with Crippen molar-refractivity contribution in [3.05, 3.63) is 23.7 Å². The lowest BCUT2D eigenvalue weighted by Crippen LogP contribution is -2.46. The number of nitrogens with one attached hydrogen (secondary N) is 1. The summed E-state index contributed by atoms with van der Waals surface area (Å²) in [6.07, 6.45) is 6.17. The first-order chi connectivity index (χ1) is 11.2. The van der Waals surface area contributed by atoms with Gasteiger partial charge in [-0.05, 0) is 70.2 Å². The maximum absolute atomic E-state index is 12.6. The molecule has 3 heterocycles. The van der Waals surface area contributed by atoms with Gasteiger partial charge in [-0.25, -0.2) is 4.79 Å². The van der Waals surface area contributed by atoms with E-state index in [1.807, 2.05) is 13.0 Å². The molecule has 2 bridgehead atoms. The molecule has 1 N–H and O–H groups in total. The molecule has 5 heteroatoms. The highest BCUT2D eigenvalue weighted by Crippen LogP contribution is 2.37. The third kappa shape index (κ3) is 2.99. The van der Waals surface area contributed by atoms with Gasteiger partial charge in [0.2, 0.25) is 0 Å². The van der Waals surface area contributed by atoms with Crippen molar-refractivity contribution in [2.75, 3.05) is 26.2 Å². The number of urea groups is 1. The minimum absolute atomic E-state index is 0.115. The standard InChI is InChI=1S/C18H27N3O2/c1-13-4-7-17(23-13)16(20-8-2-3-9-20)11-19-18(22)21-12-14-5-6-15(21)10-14/h4,7,14-16H,2-3,5-6,8-12H2,1H3,(H,19,22)/t14-,15-,16-/m0/s1. The van der Waals surface area contributed by atoms with Crippen molar-refractivity contribution in [2.45, 2.75) is 51.1 Å². The normalized spacial score (nSPS) is 28.5. The zero-order valence-electron chi connectivity index (χ0n) is 14.0. The number of carbonyl (C=O) groups excluding carboxylic acids is 1. The van der Waals surface area contributed by atoms with Gasteiger partial charge in [-0.1, -0.05) is 0 Å². The Kier molecular flexibility index (Phi) is 4.05. The Hall–Kier alpha value is -1.49. The van der Waals surface area contributed by atoms with Crippen molar-refractivity contribution in [2.24, 2.45) is 5.92 Å². The molecule has 1 saturated carbocycles. The van der Waals surface area contributed by atoms with Crippen molar-refractivity contribution < 1.29 is 9.21 Å². The van der Waals surface area contributed by atoms with Gasteiger partial charge < -0.3 is 14.6 Å². The van der Waals surface area contributed by atoms with E-state index < -0.39 is 0 Å². The van der Waals surface area contributed by atoms with Crippen LogP contribution in [0, 0.1) is 12.8 Å². The number of hydrogen-bond donors (Lipinski definition) is 1. The smallest absolute Gasteiger partial charge is 0.317 e. The Balaban J connectivity index is 1.40. The number of aryl methyl sites for hydroxylation is 1. The summed E-state index contributed by atoms with van der Waals surface area (Å²) in [4.78, 5) is 17.1. The third-order valence-electron chi connectivity index (χ3n) is 5.79. The average Bonchev–Trinajstić information content (AvgIpc) is 3.32. The molecule has 0 aromatic carbocycles. The third-order valence-corrected chi connectivity index (χ3v) is 5.79. The number of hydrogen-bond acceptors (Lipinski definition) is 3. The number of furan rings is 1. The first kappa shape index (κ1) is 15.1. The Labute approximate surface area is 138 Å². The van der Waals surface area contributed by atoms with Crippen LogP contribution in [0.2, 0.25) is 0 Å². The molecule has 23 heavy (non-hydrogen) atoms. The van der Waals surface area contributed by atoms with Gasteiger partial charge in [-0.15, -0.1) is 0 Å². The van der Waals surface area contributed by atoms with Crippen LogP contribution in [0.1, 0.15) is 49.7 Å². The fourth-order valence-electron chi connectivity index (χ4n) is 4.55. The average molecular weight is 317 g/mol. The molecule has 126 valence electrons. The molecular weight excluding hydrogens is 290 g/mol. The van der Waals surface area contributed by atoms with E-state index in [1.165, 1.54) is 32.1 Å². The van der Waals surface area contributed by atoms with Crippen LogP contribution in [0.5, 0.6) is 0 Å². The Bertz CT molecular complexity index is 564. The summed E-state index contributed by atoms with van der Waals surface area (Å²) in [5.41, 5.74) is 0. The quantitative estimate of drug-likeness (QED) is 0.929. The van der Waals surface area contributed by atoms with Crippen LogP contribution in [0.4, 0.5) is 4.79 Å². The largest absolute Gasteiger partial charge is 0.465 e. The van der Waals surface area contributed by atoms with Gasteiger partial charge in [-0.3, -0.25) is 4.90 Å². The maximum atomic E-state index is 12.6. The summed E-state index contributed by atoms with van der Waals surface area (Å²) in [6.45, 7) is 5.75. The number of piperidine rings is 1. The van der Waals surface area contributed by atoms with Gasteiger partial charge in [0.15, 0.2) is 0 Å². The lowest BCUT2D eigenvalue weighted by Gasteiger charge is -2.30. The number of rotatable bonds is 4. The van der Waals surface area contributed by atoms with Gasteiger partial charge in [0.1, 0.15) is 11.5 Å². The van der Waals surface area contributed by atoms with Crippen LogP contribution in [-0.2, 0) is 0 Å². The van der Waals surface area contributed by atoms with E-state index in [4.69, 9.17) is 4.42 Å². The molecule has 2 saturated heterocycles. The van der Waals surface area contributed by atoms with Gasteiger partial charge in [0, 0.05) is 19.1 Å². The molecule has 0 radical (unpaired) electrons. The summed E-state index contributed by atoms with van der Waals surface area (Å²) < 4.78 is 5.86. The molecular formula is C18H27N3O2. The molecule has 3 atom stereocenters. The highest BCUT2D eigenvalue weighted by Gasteiger charge is 2.40. The zero-order chi connectivity index (χ0) is 15.8. The number of nitrogens with zero attached hydrogens (tertiary/aromatic N) is 2. The fourth-order valence-corrected chi connectivity index (χ4v) is 4.55. The van der Waals surface area contributed by atoms with Gasteiger partial charge in [-0.2, -0.15) is 0 Å². The van der Waals surface area contributed by atoms with Crippen LogP contribution in [0.25, 0.3) is 0 Å². The molecule has 1 aromatic heterocycles. The van der Waals surface area contributed by atoms with Crippen LogP contribution in [0.15, 0.2) is 16.5 Å². The summed E-state index contributed by atoms with van der Waals surface area (Å²) in [6, 6.07) is 4.83. The second-order valence-electron chi connectivity index (χ2n) is 7.38. The number of amides is 2. The summed E-state index contributed by atoms with van der Waals surface area (Å²) in [7, 11) is 0. The fraction of sp³-hybridized carbons (Fsp3) is 0.722. The van der Waals surface area contributed by atoms with Crippen molar-refractivity contribution in [1.29, 1.82) is 0 Å². The van der Waals surface area contributed by atoms with Crippen LogP contribution in [-0.4, -0.2) is 48.1 Å². The molecule has 3 fully saturated rings. The van der Waals surface area contributed by atoms with E-state index in [2.05, 4.69) is 21.2 Å². The number of likely N-dealkylation sites (tertiary alicyclic amines) is 2. The molecule has 4 rings (SSSR count).